The predicted octanol–water partition coefficient (Wildman–Crippen LogP) is 3.83. The van der Waals surface area contributed by atoms with E-state index < -0.39 is 11.7 Å². The van der Waals surface area contributed by atoms with Gasteiger partial charge in [-0.05, 0) is 18.1 Å². The van der Waals surface area contributed by atoms with Crippen molar-refractivity contribution in [2.45, 2.75) is 19.5 Å². The maximum Gasteiger partial charge on any atom is 0.421 e. The molecule has 118 valence electrons. The lowest BCUT2D eigenvalue weighted by molar-refractivity contribution is -0.137. The van der Waals surface area contributed by atoms with Gasteiger partial charge in [0.05, 0.1) is 7.11 Å². The van der Waals surface area contributed by atoms with Crippen molar-refractivity contribution in [1.29, 1.82) is 0 Å². The van der Waals surface area contributed by atoms with E-state index in [0.717, 1.165) is 11.8 Å². The largest absolute Gasteiger partial charge is 0.467 e. The fourth-order valence-corrected chi connectivity index (χ4v) is 2.16. The Morgan fingerprint density at radius 3 is 2.50 bits per heavy atom. The number of anilines is 2. The SMILES string of the molecule is CCc1ccccc1N(C)c1nc(OC)ncc1C(F)(F)F. The lowest BCUT2D eigenvalue weighted by atomic mass is 10.1. The summed E-state index contributed by atoms with van der Waals surface area (Å²) in [4.78, 5) is 8.85. The van der Waals surface area contributed by atoms with Crippen LogP contribution in [0.15, 0.2) is 30.5 Å². The van der Waals surface area contributed by atoms with Gasteiger partial charge < -0.3 is 9.64 Å². The second-order valence-electron chi connectivity index (χ2n) is 4.63. The first-order valence-electron chi connectivity index (χ1n) is 6.68. The molecule has 0 aliphatic heterocycles. The van der Waals surface area contributed by atoms with Gasteiger partial charge in [0, 0.05) is 18.9 Å². The summed E-state index contributed by atoms with van der Waals surface area (Å²) in [6.07, 6.45) is -3.10. The van der Waals surface area contributed by atoms with Crippen LogP contribution in [0.2, 0.25) is 0 Å². The third kappa shape index (κ3) is 3.13. The minimum Gasteiger partial charge on any atom is -0.467 e. The predicted molar refractivity (Wildman–Crippen MR) is 77.5 cm³/mol. The topological polar surface area (TPSA) is 38.2 Å². The molecule has 0 saturated heterocycles. The zero-order chi connectivity index (χ0) is 16.3. The first kappa shape index (κ1) is 16.1. The van der Waals surface area contributed by atoms with Crippen LogP contribution < -0.4 is 9.64 Å². The number of para-hydroxylation sites is 1. The van der Waals surface area contributed by atoms with Crippen molar-refractivity contribution >= 4 is 11.5 Å². The molecule has 4 nitrogen and oxygen atoms in total. The molecule has 0 fully saturated rings. The van der Waals surface area contributed by atoms with Gasteiger partial charge in [-0.2, -0.15) is 18.2 Å². The van der Waals surface area contributed by atoms with E-state index >= 15 is 0 Å². The molecule has 0 aliphatic carbocycles. The van der Waals surface area contributed by atoms with Crippen molar-refractivity contribution in [2.24, 2.45) is 0 Å². The Labute approximate surface area is 126 Å². The maximum atomic E-state index is 13.2. The molecule has 0 bridgehead atoms. The van der Waals surface area contributed by atoms with Crippen molar-refractivity contribution in [3.05, 3.63) is 41.6 Å². The Morgan fingerprint density at radius 1 is 1.23 bits per heavy atom. The van der Waals surface area contributed by atoms with Crippen LogP contribution in [-0.4, -0.2) is 24.1 Å². The number of aryl methyl sites for hydroxylation is 1. The molecule has 1 aromatic carbocycles. The molecule has 22 heavy (non-hydrogen) atoms. The summed E-state index contributed by atoms with van der Waals surface area (Å²) in [5.41, 5.74) is 0.689. The summed E-state index contributed by atoms with van der Waals surface area (Å²) in [6, 6.07) is 7.15. The van der Waals surface area contributed by atoms with E-state index in [1.807, 2.05) is 19.1 Å². The van der Waals surface area contributed by atoms with Crippen LogP contribution in [0.5, 0.6) is 6.01 Å². The van der Waals surface area contributed by atoms with Gasteiger partial charge in [-0.1, -0.05) is 25.1 Å². The van der Waals surface area contributed by atoms with Crippen molar-refractivity contribution in [2.75, 3.05) is 19.1 Å². The number of rotatable bonds is 4. The van der Waals surface area contributed by atoms with Gasteiger partial charge in [0.25, 0.3) is 0 Å². The number of benzene rings is 1. The first-order valence-corrected chi connectivity index (χ1v) is 6.68. The van der Waals surface area contributed by atoms with Gasteiger partial charge >= 0.3 is 12.2 Å². The van der Waals surface area contributed by atoms with E-state index in [2.05, 4.69) is 9.97 Å². The molecule has 0 unspecified atom stereocenters. The Bertz CT molecular complexity index is 659. The monoisotopic (exact) mass is 311 g/mol. The van der Waals surface area contributed by atoms with Crippen LogP contribution >= 0.6 is 0 Å². The van der Waals surface area contributed by atoms with E-state index in [4.69, 9.17) is 4.74 Å². The normalized spacial score (nSPS) is 11.4. The second-order valence-corrected chi connectivity index (χ2v) is 4.63. The van der Waals surface area contributed by atoms with E-state index in [0.29, 0.717) is 12.1 Å². The fraction of sp³-hybridized carbons (Fsp3) is 0.333. The van der Waals surface area contributed by atoms with Gasteiger partial charge in [-0.3, -0.25) is 0 Å². The number of alkyl halides is 3. The van der Waals surface area contributed by atoms with E-state index in [-0.39, 0.29) is 11.8 Å². The Hall–Kier alpha value is -2.31. The molecular formula is C15H16F3N3O. The highest BCUT2D eigenvalue weighted by molar-refractivity contribution is 5.66. The van der Waals surface area contributed by atoms with Gasteiger partial charge in [0.15, 0.2) is 5.82 Å². The third-order valence-corrected chi connectivity index (χ3v) is 3.29. The number of hydrogen-bond acceptors (Lipinski definition) is 4. The summed E-state index contributed by atoms with van der Waals surface area (Å²) in [6.45, 7) is 1.94. The van der Waals surface area contributed by atoms with Gasteiger partial charge in [0.1, 0.15) is 5.56 Å². The molecule has 0 amide bonds. The van der Waals surface area contributed by atoms with E-state index in [1.165, 1.54) is 12.0 Å². The smallest absolute Gasteiger partial charge is 0.421 e. The molecule has 1 aromatic heterocycles. The average Bonchev–Trinajstić information content (AvgIpc) is 2.52. The quantitative estimate of drug-likeness (QED) is 0.860. The summed E-state index contributed by atoms with van der Waals surface area (Å²) in [7, 11) is 2.86. The lowest BCUT2D eigenvalue weighted by Crippen LogP contribution is -2.20. The average molecular weight is 311 g/mol. The first-order chi connectivity index (χ1) is 10.4. The standard InChI is InChI=1S/C15H16F3N3O/c1-4-10-7-5-6-8-12(10)21(2)13-11(15(16,17)18)9-19-14(20-13)22-3/h5-9H,4H2,1-3H3. The fourth-order valence-electron chi connectivity index (χ4n) is 2.16. The molecule has 0 saturated carbocycles. The Kier molecular flexibility index (Phi) is 4.54. The molecule has 2 rings (SSSR count). The highest BCUT2D eigenvalue weighted by atomic mass is 19.4. The Morgan fingerprint density at radius 2 is 1.91 bits per heavy atom. The number of halogens is 3. The van der Waals surface area contributed by atoms with Crippen LogP contribution in [0.1, 0.15) is 18.1 Å². The second kappa shape index (κ2) is 6.21. The number of ether oxygens (including phenoxy) is 1. The van der Waals surface area contributed by atoms with Crippen molar-refractivity contribution in [3.63, 3.8) is 0 Å². The highest BCUT2D eigenvalue weighted by Crippen LogP contribution is 2.38. The molecule has 1 heterocycles. The molecule has 0 N–H and O–H groups in total. The number of aromatic nitrogens is 2. The Balaban J connectivity index is 2.59. The van der Waals surface area contributed by atoms with Crippen molar-refractivity contribution in [3.8, 4) is 6.01 Å². The van der Waals surface area contributed by atoms with Gasteiger partial charge in [-0.25, -0.2) is 4.98 Å². The van der Waals surface area contributed by atoms with E-state index in [1.54, 1.807) is 19.2 Å². The maximum absolute atomic E-state index is 13.2. The summed E-state index contributed by atoms with van der Waals surface area (Å²) in [5.74, 6) is -0.236. The summed E-state index contributed by atoms with van der Waals surface area (Å²) in [5, 5.41) is 0. The minimum absolute atomic E-state index is 0.108. The van der Waals surface area contributed by atoms with Crippen LogP contribution in [0.3, 0.4) is 0 Å². The molecule has 0 aliphatic rings. The van der Waals surface area contributed by atoms with Crippen molar-refractivity contribution in [1.82, 2.24) is 9.97 Å². The summed E-state index contributed by atoms with van der Waals surface area (Å²) < 4.78 is 44.4. The molecule has 2 aromatic rings. The van der Waals surface area contributed by atoms with Gasteiger partial charge in [-0.15, -0.1) is 0 Å². The number of nitrogens with zero attached hydrogens (tertiary/aromatic N) is 3. The minimum atomic E-state index is -4.54. The van der Waals surface area contributed by atoms with Crippen LogP contribution in [-0.2, 0) is 12.6 Å². The third-order valence-electron chi connectivity index (χ3n) is 3.29. The van der Waals surface area contributed by atoms with Crippen LogP contribution in [0, 0.1) is 0 Å². The zero-order valence-electron chi connectivity index (χ0n) is 12.5. The zero-order valence-corrected chi connectivity index (χ0v) is 12.5. The lowest BCUT2D eigenvalue weighted by Gasteiger charge is -2.24. The molecular weight excluding hydrogens is 295 g/mol. The van der Waals surface area contributed by atoms with Crippen molar-refractivity contribution < 1.29 is 17.9 Å². The number of methoxy groups -OCH3 is 1. The molecule has 0 radical (unpaired) electrons. The highest BCUT2D eigenvalue weighted by Gasteiger charge is 2.36. The molecule has 0 atom stereocenters. The van der Waals surface area contributed by atoms with Gasteiger partial charge in [0.2, 0.25) is 0 Å². The summed E-state index contributed by atoms with van der Waals surface area (Å²) >= 11 is 0. The molecule has 7 heteroatoms. The molecule has 0 spiro atoms. The van der Waals surface area contributed by atoms with Crippen LogP contribution in [0.25, 0.3) is 0 Å². The van der Waals surface area contributed by atoms with E-state index in [9.17, 15) is 13.2 Å². The number of hydrogen-bond donors (Lipinski definition) is 0. The van der Waals surface area contributed by atoms with Crippen LogP contribution in [0.4, 0.5) is 24.7 Å².